The molecule has 3 aromatic rings. The lowest BCUT2D eigenvalue weighted by atomic mass is 10.2. The highest BCUT2D eigenvalue weighted by Crippen LogP contribution is 2.36. The van der Waals surface area contributed by atoms with Gasteiger partial charge in [-0.15, -0.1) is 31.7 Å². The molecule has 7 nitrogen and oxygen atoms in total. The van der Waals surface area contributed by atoms with Gasteiger partial charge in [0.15, 0.2) is 5.82 Å². The zero-order valence-electron chi connectivity index (χ0n) is 12.9. The third-order valence-electron chi connectivity index (χ3n) is 3.18. The van der Waals surface area contributed by atoms with Crippen molar-refractivity contribution in [1.82, 2.24) is 25.1 Å². The van der Waals surface area contributed by atoms with E-state index in [1.807, 2.05) is 38.1 Å². The number of thioether (sulfide) groups is 1. The molecule has 2 heterocycles. The van der Waals surface area contributed by atoms with Crippen LogP contribution in [-0.4, -0.2) is 32.2 Å². The first kappa shape index (κ1) is 15.8. The van der Waals surface area contributed by atoms with Gasteiger partial charge in [0.1, 0.15) is 15.8 Å². The van der Waals surface area contributed by atoms with E-state index in [9.17, 15) is 0 Å². The Morgan fingerprint density at radius 3 is 2.70 bits per heavy atom. The summed E-state index contributed by atoms with van der Waals surface area (Å²) in [6.07, 6.45) is 0. The Hall–Kier alpha value is -2.13. The molecule has 3 rings (SSSR count). The molecular weight excluding hydrogens is 332 g/mol. The van der Waals surface area contributed by atoms with Crippen LogP contribution in [0.5, 0.6) is 5.75 Å². The summed E-state index contributed by atoms with van der Waals surface area (Å²) in [5, 5.41) is 19.2. The van der Waals surface area contributed by atoms with Crippen molar-refractivity contribution in [2.75, 3.05) is 13.0 Å². The van der Waals surface area contributed by atoms with Crippen molar-refractivity contribution in [1.29, 1.82) is 0 Å². The van der Waals surface area contributed by atoms with Gasteiger partial charge in [0.2, 0.25) is 5.16 Å². The largest absolute Gasteiger partial charge is 0.496 e. The summed E-state index contributed by atoms with van der Waals surface area (Å²) in [4.78, 5) is 0. The summed E-state index contributed by atoms with van der Waals surface area (Å²) in [6, 6.07) is 7.57. The molecular formula is C14H16N6OS2. The molecule has 1 aromatic carbocycles. The number of methoxy groups -OCH3 is 1. The minimum Gasteiger partial charge on any atom is -0.496 e. The van der Waals surface area contributed by atoms with E-state index in [2.05, 4.69) is 20.4 Å². The topological polar surface area (TPSA) is 91.7 Å². The summed E-state index contributed by atoms with van der Waals surface area (Å²) in [5.74, 6) is 7.44. The molecule has 0 bridgehead atoms. The highest BCUT2D eigenvalue weighted by Gasteiger charge is 2.20. The van der Waals surface area contributed by atoms with Crippen LogP contribution in [0.15, 0.2) is 29.4 Å². The Kier molecular flexibility index (Phi) is 4.49. The summed E-state index contributed by atoms with van der Waals surface area (Å²) in [7, 11) is 1.62. The van der Waals surface area contributed by atoms with Crippen molar-refractivity contribution < 1.29 is 4.74 Å². The van der Waals surface area contributed by atoms with Gasteiger partial charge in [-0.25, -0.2) is 4.68 Å². The minimum absolute atomic E-state index is 0.0956. The molecule has 9 heteroatoms. The second kappa shape index (κ2) is 6.55. The summed E-state index contributed by atoms with van der Waals surface area (Å²) >= 11 is 3.07. The van der Waals surface area contributed by atoms with Gasteiger partial charge < -0.3 is 10.6 Å². The van der Waals surface area contributed by atoms with Crippen LogP contribution >= 0.6 is 23.1 Å². The Bertz CT molecular complexity index is 815. The van der Waals surface area contributed by atoms with Crippen molar-refractivity contribution >= 4 is 23.1 Å². The third-order valence-corrected chi connectivity index (χ3v) is 5.42. The van der Waals surface area contributed by atoms with Gasteiger partial charge in [-0.3, -0.25) is 0 Å². The SMILES string of the molecule is COc1ccccc1-c1nnc(SC(C)c2nnc(C)s2)n1N. The van der Waals surface area contributed by atoms with E-state index in [0.717, 1.165) is 15.6 Å². The van der Waals surface area contributed by atoms with Crippen LogP contribution in [0.4, 0.5) is 0 Å². The fraction of sp³-hybridized carbons (Fsp3) is 0.286. The maximum Gasteiger partial charge on any atom is 0.210 e. The molecule has 0 aliphatic carbocycles. The number of nitrogens with two attached hydrogens (primary N) is 1. The summed E-state index contributed by atoms with van der Waals surface area (Å²) < 4.78 is 6.84. The van der Waals surface area contributed by atoms with E-state index in [4.69, 9.17) is 10.6 Å². The van der Waals surface area contributed by atoms with Gasteiger partial charge in [0.25, 0.3) is 0 Å². The maximum atomic E-state index is 6.17. The number of hydrogen-bond donors (Lipinski definition) is 1. The second-order valence-corrected chi connectivity index (χ2v) is 7.32. The molecule has 0 spiro atoms. The molecule has 0 aliphatic rings. The van der Waals surface area contributed by atoms with E-state index in [1.165, 1.54) is 16.4 Å². The molecule has 1 atom stereocenters. The first-order valence-corrected chi connectivity index (χ1v) is 8.60. The van der Waals surface area contributed by atoms with Gasteiger partial charge in [-0.05, 0) is 26.0 Å². The van der Waals surface area contributed by atoms with Crippen LogP contribution in [0.2, 0.25) is 0 Å². The van der Waals surface area contributed by atoms with Crippen molar-refractivity contribution in [3.05, 3.63) is 34.3 Å². The maximum absolute atomic E-state index is 6.17. The molecule has 2 N–H and O–H groups in total. The van der Waals surface area contributed by atoms with Crippen LogP contribution in [0.25, 0.3) is 11.4 Å². The molecule has 0 saturated carbocycles. The fourth-order valence-corrected chi connectivity index (χ4v) is 3.73. The van der Waals surface area contributed by atoms with Crippen molar-refractivity contribution in [2.24, 2.45) is 0 Å². The highest BCUT2D eigenvalue weighted by atomic mass is 32.2. The smallest absolute Gasteiger partial charge is 0.210 e. The minimum atomic E-state index is 0.0956. The lowest BCUT2D eigenvalue weighted by molar-refractivity contribution is 0.416. The van der Waals surface area contributed by atoms with Crippen molar-refractivity contribution in [3.8, 4) is 17.1 Å². The standard InChI is InChI=1S/C14H16N6OS2/c1-8(13-18-16-9(2)23-13)22-14-19-17-12(20(14)15)10-6-4-5-7-11(10)21-3/h4-8H,15H2,1-3H3. The van der Waals surface area contributed by atoms with Gasteiger partial charge in [0.05, 0.1) is 17.9 Å². The average molecular weight is 348 g/mol. The zero-order valence-corrected chi connectivity index (χ0v) is 14.6. The predicted molar refractivity (Wildman–Crippen MR) is 91.1 cm³/mol. The Morgan fingerprint density at radius 2 is 2.00 bits per heavy atom. The first-order valence-electron chi connectivity index (χ1n) is 6.90. The van der Waals surface area contributed by atoms with Crippen molar-refractivity contribution in [3.63, 3.8) is 0 Å². The van der Waals surface area contributed by atoms with Gasteiger partial charge in [-0.2, -0.15) is 0 Å². The third kappa shape index (κ3) is 3.15. The number of aromatic nitrogens is 5. The zero-order chi connectivity index (χ0) is 16.4. The number of hydrogen-bond acceptors (Lipinski definition) is 8. The molecule has 1 unspecified atom stereocenters. The number of benzene rings is 1. The van der Waals surface area contributed by atoms with E-state index < -0.39 is 0 Å². The number of aryl methyl sites for hydroxylation is 1. The van der Waals surface area contributed by atoms with Gasteiger partial charge in [0, 0.05) is 0 Å². The molecule has 2 aromatic heterocycles. The van der Waals surface area contributed by atoms with E-state index in [0.29, 0.717) is 16.7 Å². The normalized spacial score (nSPS) is 12.3. The number of rotatable bonds is 5. The monoisotopic (exact) mass is 348 g/mol. The van der Waals surface area contributed by atoms with E-state index in [1.54, 1.807) is 18.4 Å². The number of para-hydroxylation sites is 1. The van der Waals surface area contributed by atoms with Crippen LogP contribution in [-0.2, 0) is 0 Å². The molecule has 0 radical (unpaired) electrons. The molecule has 120 valence electrons. The van der Waals surface area contributed by atoms with Gasteiger partial charge >= 0.3 is 0 Å². The van der Waals surface area contributed by atoms with Gasteiger partial charge in [-0.1, -0.05) is 23.9 Å². The molecule has 0 fully saturated rings. The fourth-order valence-electron chi connectivity index (χ4n) is 2.06. The number of ether oxygens (including phenoxy) is 1. The molecule has 23 heavy (non-hydrogen) atoms. The Morgan fingerprint density at radius 1 is 1.22 bits per heavy atom. The van der Waals surface area contributed by atoms with Crippen molar-refractivity contribution in [2.45, 2.75) is 24.3 Å². The molecule has 0 amide bonds. The first-order chi connectivity index (χ1) is 11.1. The summed E-state index contributed by atoms with van der Waals surface area (Å²) in [6.45, 7) is 3.98. The highest BCUT2D eigenvalue weighted by molar-refractivity contribution is 7.99. The molecule has 0 saturated heterocycles. The van der Waals surface area contributed by atoms with Crippen LogP contribution in [0.3, 0.4) is 0 Å². The molecule has 0 aliphatic heterocycles. The predicted octanol–water partition coefficient (Wildman–Crippen LogP) is 2.68. The van der Waals surface area contributed by atoms with E-state index >= 15 is 0 Å². The lowest BCUT2D eigenvalue weighted by Gasteiger charge is -2.09. The lowest BCUT2D eigenvalue weighted by Crippen LogP contribution is -2.12. The number of nitrogen functional groups attached to an aromatic ring is 1. The summed E-state index contributed by atoms with van der Waals surface area (Å²) in [5.41, 5.74) is 0.802. The Balaban J connectivity index is 1.87. The van der Waals surface area contributed by atoms with Crippen LogP contribution in [0.1, 0.15) is 22.2 Å². The second-order valence-electron chi connectivity index (χ2n) is 4.80. The van der Waals surface area contributed by atoms with E-state index in [-0.39, 0.29) is 5.25 Å². The van der Waals surface area contributed by atoms with Crippen LogP contribution in [0, 0.1) is 6.92 Å². The Labute approximate surface area is 141 Å². The average Bonchev–Trinajstić information content (AvgIpc) is 3.14. The van der Waals surface area contributed by atoms with Crippen LogP contribution < -0.4 is 10.6 Å². The quantitative estimate of drug-likeness (QED) is 0.560. The number of nitrogens with zero attached hydrogens (tertiary/aromatic N) is 5.